The Hall–Kier alpha value is -2.34. The van der Waals surface area contributed by atoms with E-state index in [1.165, 1.54) is 37.7 Å². The van der Waals surface area contributed by atoms with Gasteiger partial charge in [-0.15, -0.1) is 0 Å². The zero-order valence-corrected chi connectivity index (χ0v) is 16.4. The van der Waals surface area contributed by atoms with E-state index in [4.69, 9.17) is 9.84 Å². The van der Waals surface area contributed by atoms with Crippen molar-refractivity contribution in [3.8, 4) is 5.75 Å². The van der Waals surface area contributed by atoms with Crippen LogP contribution in [0.4, 0.5) is 0 Å². The number of fused-ring (bicyclic) bond motifs is 1. The number of aliphatic carboxylic acids is 1. The first kappa shape index (κ1) is 19.0. The van der Waals surface area contributed by atoms with E-state index in [-0.39, 0.29) is 0 Å². The highest BCUT2D eigenvalue weighted by Gasteiger charge is 2.25. The topological polar surface area (TPSA) is 71.8 Å². The molecule has 1 aliphatic heterocycles. The zero-order valence-electron chi connectivity index (χ0n) is 16.4. The Balaban J connectivity index is 1.73. The van der Waals surface area contributed by atoms with Gasteiger partial charge in [0, 0.05) is 23.1 Å². The summed E-state index contributed by atoms with van der Waals surface area (Å²) < 4.78 is 7.46. The van der Waals surface area contributed by atoms with Gasteiger partial charge in [-0.3, -0.25) is 0 Å². The molecule has 1 aliphatic carbocycles. The van der Waals surface area contributed by atoms with Gasteiger partial charge in [0.2, 0.25) is 0 Å². The highest BCUT2D eigenvalue weighted by atomic mass is 16.6. The van der Waals surface area contributed by atoms with Gasteiger partial charge in [0.1, 0.15) is 5.75 Å². The van der Waals surface area contributed by atoms with Crippen molar-refractivity contribution in [1.29, 1.82) is 0 Å². The third-order valence-electron chi connectivity index (χ3n) is 6.35. The van der Waals surface area contributed by atoms with Crippen LogP contribution in [0.15, 0.2) is 24.4 Å². The first-order valence-electron chi connectivity index (χ1n) is 10.3. The lowest BCUT2D eigenvalue weighted by molar-refractivity contribution is -0.158. The van der Waals surface area contributed by atoms with Crippen molar-refractivity contribution >= 4 is 22.8 Å². The van der Waals surface area contributed by atoms with E-state index >= 15 is 0 Å². The normalized spacial score (nSPS) is 19.8. The van der Waals surface area contributed by atoms with Crippen LogP contribution in [0.3, 0.4) is 0 Å². The molecule has 28 heavy (non-hydrogen) atoms. The third kappa shape index (κ3) is 3.78. The minimum absolute atomic E-state index is 0.301. The molecule has 0 unspecified atom stereocenters. The quantitative estimate of drug-likeness (QED) is 0.493. The standard InChI is InChI=1S/C22H28N2O4/c1-23-11-9-15(10-12-23)19-14-24(16-5-3-2-4-6-16)20-8-7-17(13-18(19)20)28-22(27)21(25)26/h7-8,13-16H,2-6,9-12H2,1H3,(H,25,26). The minimum Gasteiger partial charge on any atom is -0.473 e. The Kier molecular flexibility index (Phi) is 5.40. The fraction of sp³-hybridized carbons (Fsp3) is 0.545. The molecule has 4 rings (SSSR count). The number of piperidine rings is 1. The van der Waals surface area contributed by atoms with E-state index in [1.54, 1.807) is 6.07 Å². The van der Waals surface area contributed by atoms with Crippen LogP contribution in [-0.4, -0.2) is 46.6 Å². The molecule has 6 heteroatoms. The lowest BCUT2D eigenvalue weighted by Gasteiger charge is -2.29. The summed E-state index contributed by atoms with van der Waals surface area (Å²) in [5.41, 5.74) is 2.47. The molecule has 2 aliphatic rings. The van der Waals surface area contributed by atoms with Crippen molar-refractivity contribution in [3.05, 3.63) is 30.0 Å². The maximum atomic E-state index is 11.5. The van der Waals surface area contributed by atoms with Crippen LogP contribution >= 0.6 is 0 Å². The van der Waals surface area contributed by atoms with E-state index < -0.39 is 11.9 Å². The van der Waals surface area contributed by atoms with E-state index in [1.807, 2.05) is 12.1 Å². The van der Waals surface area contributed by atoms with Crippen molar-refractivity contribution < 1.29 is 19.4 Å². The Labute approximate surface area is 165 Å². The lowest BCUT2D eigenvalue weighted by Crippen LogP contribution is -2.29. The molecule has 1 aromatic heterocycles. The second kappa shape index (κ2) is 7.95. The number of likely N-dealkylation sites (tertiary alicyclic amines) is 1. The van der Waals surface area contributed by atoms with Gasteiger partial charge in [-0.25, -0.2) is 9.59 Å². The molecule has 150 valence electrons. The number of esters is 1. The Morgan fingerprint density at radius 1 is 1.07 bits per heavy atom. The van der Waals surface area contributed by atoms with Crippen LogP contribution in [0, 0.1) is 0 Å². The number of carboxylic acids is 1. The monoisotopic (exact) mass is 384 g/mol. The number of carboxylic acid groups (broad SMARTS) is 1. The highest BCUT2D eigenvalue weighted by molar-refractivity contribution is 6.29. The second-order valence-electron chi connectivity index (χ2n) is 8.23. The minimum atomic E-state index is -1.57. The van der Waals surface area contributed by atoms with E-state index in [2.05, 4.69) is 22.7 Å². The zero-order chi connectivity index (χ0) is 19.7. The highest BCUT2D eigenvalue weighted by Crippen LogP contribution is 2.39. The summed E-state index contributed by atoms with van der Waals surface area (Å²) in [6.07, 6.45) is 10.8. The number of ether oxygens (including phenoxy) is 1. The summed E-state index contributed by atoms with van der Waals surface area (Å²) in [5, 5.41) is 9.92. The second-order valence-corrected chi connectivity index (χ2v) is 8.23. The molecule has 0 radical (unpaired) electrons. The number of hydrogen-bond acceptors (Lipinski definition) is 4. The Bertz CT molecular complexity index is 874. The largest absolute Gasteiger partial charge is 0.473 e. The van der Waals surface area contributed by atoms with Gasteiger partial charge < -0.3 is 19.3 Å². The molecule has 0 bridgehead atoms. The molecule has 1 saturated carbocycles. The van der Waals surface area contributed by atoms with Crippen molar-refractivity contribution in [2.24, 2.45) is 0 Å². The Morgan fingerprint density at radius 3 is 2.46 bits per heavy atom. The maximum Gasteiger partial charge on any atom is 0.422 e. The number of carbonyl (C=O) groups is 2. The molecule has 1 aromatic carbocycles. The van der Waals surface area contributed by atoms with Crippen molar-refractivity contribution in [1.82, 2.24) is 9.47 Å². The molecule has 2 fully saturated rings. The summed E-state index contributed by atoms with van der Waals surface area (Å²) in [4.78, 5) is 24.7. The molecule has 1 saturated heterocycles. The molecule has 0 atom stereocenters. The smallest absolute Gasteiger partial charge is 0.422 e. The lowest BCUT2D eigenvalue weighted by atomic mass is 9.89. The molecule has 0 amide bonds. The SMILES string of the molecule is CN1CCC(c2cn(C3CCCCC3)c3ccc(OC(=O)C(=O)O)cc23)CC1. The van der Waals surface area contributed by atoms with Gasteiger partial charge in [0.25, 0.3) is 0 Å². The summed E-state index contributed by atoms with van der Waals surface area (Å²) in [6, 6.07) is 6.06. The van der Waals surface area contributed by atoms with Gasteiger partial charge in [-0.2, -0.15) is 0 Å². The molecule has 6 nitrogen and oxygen atoms in total. The molecule has 0 spiro atoms. The fourth-order valence-corrected chi connectivity index (χ4v) is 4.78. The van der Waals surface area contributed by atoms with Crippen LogP contribution in [0.1, 0.15) is 62.5 Å². The Morgan fingerprint density at radius 2 is 1.79 bits per heavy atom. The van der Waals surface area contributed by atoms with Gasteiger partial charge in [0.15, 0.2) is 0 Å². The third-order valence-corrected chi connectivity index (χ3v) is 6.35. The average molecular weight is 384 g/mol. The van der Waals surface area contributed by atoms with Crippen LogP contribution in [0.5, 0.6) is 5.75 Å². The van der Waals surface area contributed by atoms with Crippen molar-refractivity contribution in [2.45, 2.75) is 56.9 Å². The van der Waals surface area contributed by atoms with Gasteiger partial charge >= 0.3 is 11.9 Å². The number of rotatable bonds is 3. The summed E-state index contributed by atoms with van der Waals surface area (Å²) in [7, 11) is 2.16. The molecule has 1 N–H and O–H groups in total. The first-order chi connectivity index (χ1) is 13.5. The maximum absolute atomic E-state index is 11.5. The van der Waals surface area contributed by atoms with Crippen LogP contribution in [0.25, 0.3) is 10.9 Å². The van der Waals surface area contributed by atoms with Gasteiger partial charge in [-0.05, 0) is 75.5 Å². The molecular formula is C22H28N2O4. The number of carbonyl (C=O) groups excluding carboxylic acids is 1. The summed E-state index contributed by atoms with van der Waals surface area (Å²) >= 11 is 0. The fourth-order valence-electron chi connectivity index (χ4n) is 4.78. The molecule has 2 aromatic rings. The van der Waals surface area contributed by atoms with Crippen LogP contribution in [-0.2, 0) is 9.59 Å². The van der Waals surface area contributed by atoms with E-state index in [9.17, 15) is 9.59 Å². The molecular weight excluding hydrogens is 356 g/mol. The van der Waals surface area contributed by atoms with Gasteiger partial charge in [-0.1, -0.05) is 19.3 Å². The van der Waals surface area contributed by atoms with Gasteiger partial charge in [0.05, 0.1) is 0 Å². The van der Waals surface area contributed by atoms with Crippen LogP contribution < -0.4 is 4.74 Å². The predicted octanol–water partition coefficient (Wildman–Crippen LogP) is 3.95. The summed E-state index contributed by atoms with van der Waals surface area (Å²) in [5.74, 6) is -2.04. The average Bonchev–Trinajstić information content (AvgIpc) is 3.08. The predicted molar refractivity (Wildman–Crippen MR) is 107 cm³/mol. The molecule has 2 heterocycles. The number of benzene rings is 1. The van der Waals surface area contributed by atoms with E-state index in [0.29, 0.717) is 17.7 Å². The van der Waals surface area contributed by atoms with Crippen molar-refractivity contribution in [2.75, 3.05) is 20.1 Å². The number of hydrogen-bond donors (Lipinski definition) is 1. The van der Waals surface area contributed by atoms with Crippen molar-refractivity contribution in [3.63, 3.8) is 0 Å². The summed E-state index contributed by atoms with van der Waals surface area (Å²) in [6.45, 7) is 2.16. The van der Waals surface area contributed by atoms with E-state index in [0.717, 1.165) is 36.8 Å². The first-order valence-corrected chi connectivity index (χ1v) is 10.3. The number of nitrogens with zero attached hydrogens (tertiary/aromatic N) is 2. The number of aromatic nitrogens is 1. The van der Waals surface area contributed by atoms with Crippen LogP contribution in [0.2, 0.25) is 0 Å².